The van der Waals surface area contributed by atoms with Crippen molar-refractivity contribution in [2.75, 3.05) is 19.5 Å². The number of nitrogens with zero attached hydrogens (tertiary/aromatic N) is 1. The molecule has 5 nitrogen and oxygen atoms in total. The van der Waals surface area contributed by atoms with E-state index in [2.05, 4.69) is 47.7 Å². The highest BCUT2D eigenvalue weighted by atomic mass is 79.9. The minimum absolute atomic E-state index is 0.396. The predicted molar refractivity (Wildman–Crippen MR) is 108 cm³/mol. The van der Waals surface area contributed by atoms with Gasteiger partial charge in [0.05, 0.1) is 24.9 Å². The van der Waals surface area contributed by atoms with Gasteiger partial charge in [0, 0.05) is 15.7 Å². The lowest BCUT2D eigenvalue weighted by atomic mass is 10.2. The van der Waals surface area contributed by atoms with Crippen LogP contribution in [0, 0.1) is 0 Å². The van der Waals surface area contributed by atoms with Gasteiger partial charge in [-0.1, -0.05) is 18.2 Å². The van der Waals surface area contributed by atoms with Crippen molar-refractivity contribution in [1.82, 2.24) is 5.43 Å². The maximum atomic E-state index is 5.32. The van der Waals surface area contributed by atoms with Crippen molar-refractivity contribution < 1.29 is 9.47 Å². The average molecular weight is 473 g/mol. The summed E-state index contributed by atoms with van der Waals surface area (Å²) >= 11 is 12.2. The van der Waals surface area contributed by atoms with E-state index >= 15 is 0 Å². The molecule has 0 fully saturated rings. The molecule has 24 heavy (non-hydrogen) atoms. The van der Waals surface area contributed by atoms with Crippen LogP contribution in [0.3, 0.4) is 0 Å². The number of halogens is 2. The van der Waals surface area contributed by atoms with Gasteiger partial charge in [-0.2, -0.15) is 5.10 Å². The number of nitrogens with one attached hydrogen (secondary N) is 2. The number of rotatable bonds is 5. The van der Waals surface area contributed by atoms with E-state index in [1.54, 1.807) is 20.4 Å². The predicted octanol–water partition coefficient (Wildman–Crippen LogP) is 4.55. The number of thiocarbonyl (C=S) groups is 1. The van der Waals surface area contributed by atoms with Crippen molar-refractivity contribution in [2.45, 2.75) is 0 Å². The first-order valence-electron chi connectivity index (χ1n) is 6.82. The minimum atomic E-state index is 0.396. The summed E-state index contributed by atoms with van der Waals surface area (Å²) in [4.78, 5) is 0. The van der Waals surface area contributed by atoms with Crippen molar-refractivity contribution in [3.63, 3.8) is 0 Å². The fourth-order valence-corrected chi connectivity index (χ4v) is 3.04. The Morgan fingerprint density at radius 3 is 2.46 bits per heavy atom. The zero-order chi connectivity index (χ0) is 17.5. The van der Waals surface area contributed by atoms with Crippen molar-refractivity contribution in [3.8, 4) is 11.5 Å². The molecule has 0 aliphatic heterocycles. The number of hydrazone groups is 1. The Morgan fingerprint density at radius 2 is 1.83 bits per heavy atom. The monoisotopic (exact) mass is 471 g/mol. The van der Waals surface area contributed by atoms with Crippen LogP contribution in [0.15, 0.2) is 50.4 Å². The Hall–Kier alpha value is -1.64. The third-order valence-corrected chi connectivity index (χ3v) is 5.32. The molecule has 0 atom stereocenters. The summed E-state index contributed by atoms with van der Waals surface area (Å²) in [6, 6.07) is 11.4. The standard InChI is InChI=1S/C16H15Br2N3O2S/c1-22-12-8-10(13(17)14(18)15(12)23-2)9-19-21-16(24)20-11-6-4-3-5-7-11/h3-9H,1-2H3,(H2,20,21,24)/b19-9+. The second-order valence-electron chi connectivity index (χ2n) is 4.52. The van der Waals surface area contributed by atoms with Crippen LogP contribution in [-0.2, 0) is 0 Å². The van der Waals surface area contributed by atoms with Crippen molar-refractivity contribution >= 4 is 61.1 Å². The highest BCUT2D eigenvalue weighted by Gasteiger charge is 2.15. The molecule has 0 saturated heterocycles. The van der Waals surface area contributed by atoms with Gasteiger partial charge in [0.2, 0.25) is 0 Å². The summed E-state index contributed by atoms with van der Waals surface area (Å²) in [7, 11) is 3.16. The molecule has 0 amide bonds. The summed E-state index contributed by atoms with van der Waals surface area (Å²) < 4.78 is 12.2. The Labute approximate surface area is 162 Å². The second-order valence-corrected chi connectivity index (χ2v) is 6.51. The number of benzene rings is 2. The number of para-hydroxylation sites is 1. The van der Waals surface area contributed by atoms with Crippen LogP contribution in [0.4, 0.5) is 5.69 Å². The third-order valence-electron chi connectivity index (χ3n) is 2.98. The van der Waals surface area contributed by atoms with Gasteiger partial charge in [0.1, 0.15) is 0 Å². The average Bonchev–Trinajstić information content (AvgIpc) is 2.59. The molecule has 0 radical (unpaired) electrons. The fourth-order valence-electron chi connectivity index (χ4n) is 1.88. The molecule has 0 unspecified atom stereocenters. The third kappa shape index (κ3) is 4.68. The van der Waals surface area contributed by atoms with E-state index in [9.17, 15) is 0 Å². The number of hydrogen-bond acceptors (Lipinski definition) is 4. The lowest BCUT2D eigenvalue weighted by Gasteiger charge is -2.12. The molecule has 0 heterocycles. The maximum absolute atomic E-state index is 5.32. The first-order valence-corrected chi connectivity index (χ1v) is 8.81. The molecule has 2 aromatic rings. The minimum Gasteiger partial charge on any atom is -0.493 e. The van der Waals surface area contributed by atoms with Crippen LogP contribution in [0.2, 0.25) is 0 Å². The lowest BCUT2D eigenvalue weighted by molar-refractivity contribution is 0.353. The number of ether oxygens (including phenoxy) is 2. The van der Waals surface area contributed by atoms with Crippen LogP contribution in [0.5, 0.6) is 11.5 Å². The molecule has 0 saturated carbocycles. The number of methoxy groups -OCH3 is 2. The normalized spacial score (nSPS) is 10.5. The van der Waals surface area contributed by atoms with Crippen molar-refractivity contribution in [1.29, 1.82) is 0 Å². The Morgan fingerprint density at radius 1 is 1.12 bits per heavy atom. The largest absolute Gasteiger partial charge is 0.493 e. The van der Waals surface area contributed by atoms with Crippen molar-refractivity contribution in [2.24, 2.45) is 5.10 Å². The summed E-state index contributed by atoms with van der Waals surface area (Å²) in [6.07, 6.45) is 1.63. The van der Waals surface area contributed by atoms with E-state index in [1.165, 1.54) is 0 Å². The molecule has 0 aliphatic rings. The van der Waals surface area contributed by atoms with Gasteiger partial charge in [0.25, 0.3) is 0 Å². The first-order chi connectivity index (χ1) is 11.6. The van der Waals surface area contributed by atoms with E-state index in [1.807, 2.05) is 36.4 Å². The van der Waals surface area contributed by atoms with Gasteiger partial charge in [-0.05, 0) is 62.3 Å². The van der Waals surface area contributed by atoms with Gasteiger partial charge in [0.15, 0.2) is 16.6 Å². The van der Waals surface area contributed by atoms with E-state index in [0.717, 1.165) is 20.2 Å². The summed E-state index contributed by atoms with van der Waals surface area (Å²) in [5.74, 6) is 1.20. The Balaban J connectivity index is 2.09. The molecular formula is C16H15Br2N3O2S. The van der Waals surface area contributed by atoms with Crippen LogP contribution < -0.4 is 20.2 Å². The first kappa shape index (κ1) is 18.7. The fraction of sp³-hybridized carbons (Fsp3) is 0.125. The van der Waals surface area contributed by atoms with Gasteiger partial charge in [-0.3, -0.25) is 5.43 Å². The second kappa shape index (κ2) is 9.00. The van der Waals surface area contributed by atoms with Gasteiger partial charge in [-0.15, -0.1) is 0 Å². The molecule has 2 N–H and O–H groups in total. The summed E-state index contributed by atoms with van der Waals surface area (Å²) in [5.41, 5.74) is 4.46. The molecular weight excluding hydrogens is 458 g/mol. The molecule has 0 aromatic heterocycles. The maximum Gasteiger partial charge on any atom is 0.191 e. The van der Waals surface area contributed by atoms with Gasteiger partial charge in [-0.25, -0.2) is 0 Å². The van der Waals surface area contributed by atoms with E-state index < -0.39 is 0 Å². The number of hydrogen-bond donors (Lipinski definition) is 2. The molecule has 2 aromatic carbocycles. The molecule has 0 bridgehead atoms. The van der Waals surface area contributed by atoms with Gasteiger partial charge >= 0.3 is 0 Å². The molecule has 126 valence electrons. The Kier molecular flexibility index (Phi) is 7.01. The van der Waals surface area contributed by atoms with E-state index in [-0.39, 0.29) is 0 Å². The van der Waals surface area contributed by atoms with Crippen molar-refractivity contribution in [3.05, 3.63) is 50.9 Å². The van der Waals surface area contributed by atoms with Crippen LogP contribution in [-0.4, -0.2) is 25.5 Å². The van der Waals surface area contributed by atoms with E-state index in [4.69, 9.17) is 21.7 Å². The molecule has 0 aliphatic carbocycles. The van der Waals surface area contributed by atoms with E-state index in [0.29, 0.717) is 16.6 Å². The SMILES string of the molecule is COc1cc(/C=N/NC(=S)Nc2ccccc2)c(Br)c(Br)c1OC. The smallest absolute Gasteiger partial charge is 0.191 e. The number of anilines is 1. The quantitative estimate of drug-likeness (QED) is 0.380. The van der Waals surface area contributed by atoms with Crippen LogP contribution >= 0.6 is 44.1 Å². The summed E-state index contributed by atoms with van der Waals surface area (Å²) in [6.45, 7) is 0. The van der Waals surface area contributed by atoms with Gasteiger partial charge < -0.3 is 14.8 Å². The highest BCUT2D eigenvalue weighted by molar-refractivity contribution is 9.13. The zero-order valence-electron chi connectivity index (χ0n) is 13.0. The summed E-state index contributed by atoms with van der Waals surface area (Å²) in [5, 5.41) is 7.58. The topological polar surface area (TPSA) is 54.9 Å². The van der Waals surface area contributed by atoms with Crippen LogP contribution in [0.1, 0.15) is 5.56 Å². The lowest BCUT2D eigenvalue weighted by Crippen LogP contribution is -2.23. The van der Waals surface area contributed by atoms with Crippen LogP contribution in [0.25, 0.3) is 0 Å². The molecule has 8 heteroatoms. The molecule has 0 spiro atoms. The highest BCUT2D eigenvalue weighted by Crippen LogP contribution is 2.41. The Bertz CT molecular complexity index is 755. The molecule has 2 rings (SSSR count). The zero-order valence-corrected chi connectivity index (χ0v) is 17.0.